The number of anilines is 1. The number of rotatable bonds is 4. The van der Waals surface area contributed by atoms with E-state index in [0.717, 1.165) is 11.3 Å². The molecule has 7 nitrogen and oxygen atoms in total. The van der Waals surface area contributed by atoms with Crippen LogP contribution >= 0.6 is 11.6 Å². The van der Waals surface area contributed by atoms with E-state index < -0.39 is 5.92 Å². The molecule has 0 spiro atoms. The minimum absolute atomic E-state index is 0.0937. The summed E-state index contributed by atoms with van der Waals surface area (Å²) in [5.74, 6) is 0.00658. The molecule has 0 radical (unpaired) electrons. The number of methoxy groups -OCH3 is 1. The third-order valence-corrected chi connectivity index (χ3v) is 6.40. The Labute approximate surface area is 194 Å². The Morgan fingerprint density at radius 2 is 2.03 bits per heavy atom. The average molecular weight is 470 g/mol. The fourth-order valence-corrected chi connectivity index (χ4v) is 4.63. The molecule has 2 amide bonds. The molecule has 1 aromatic heterocycles. The predicted molar refractivity (Wildman–Crippen MR) is 119 cm³/mol. The van der Waals surface area contributed by atoms with Crippen molar-refractivity contribution in [1.29, 1.82) is 0 Å². The largest absolute Gasteiger partial charge is 0.495 e. The zero-order chi connectivity index (χ0) is 23.1. The number of carbonyl (C=O) groups is 2. The summed E-state index contributed by atoms with van der Waals surface area (Å²) >= 11 is 6.13. The average Bonchev–Trinajstić information content (AvgIpc) is 3.42. The smallest absolute Gasteiger partial charge is 0.228 e. The quantitative estimate of drug-likeness (QED) is 0.575. The highest BCUT2D eigenvalue weighted by molar-refractivity contribution is 6.31. The number of amides is 2. The zero-order valence-electron chi connectivity index (χ0n) is 17.9. The maximum atomic E-state index is 13.4. The van der Waals surface area contributed by atoms with E-state index in [0.29, 0.717) is 47.3 Å². The molecule has 9 heteroatoms. The lowest BCUT2D eigenvalue weighted by Crippen LogP contribution is -2.40. The number of hydrogen-bond donors (Lipinski definition) is 0. The third kappa shape index (κ3) is 3.95. The molecule has 0 bridgehead atoms. The van der Waals surface area contributed by atoms with Crippen molar-refractivity contribution in [2.45, 2.75) is 19.4 Å². The minimum atomic E-state index is -0.475. The maximum Gasteiger partial charge on any atom is 0.228 e. The molecule has 0 N–H and O–H groups in total. The van der Waals surface area contributed by atoms with Gasteiger partial charge in [0.25, 0.3) is 0 Å². The number of fused-ring (bicyclic) bond motifs is 1. The Morgan fingerprint density at radius 3 is 2.79 bits per heavy atom. The maximum absolute atomic E-state index is 13.4. The van der Waals surface area contributed by atoms with E-state index in [1.165, 1.54) is 19.2 Å². The molecular formula is C24H21ClFN3O4. The van der Waals surface area contributed by atoms with Crippen LogP contribution < -0.4 is 9.64 Å². The Balaban J connectivity index is 1.35. The molecule has 2 aliphatic rings. The monoisotopic (exact) mass is 469 g/mol. The van der Waals surface area contributed by atoms with Crippen LogP contribution in [-0.2, 0) is 22.6 Å². The van der Waals surface area contributed by atoms with Crippen LogP contribution in [0.2, 0.25) is 5.02 Å². The van der Waals surface area contributed by atoms with Gasteiger partial charge in [-0.15, -0.1) is 0 Å². The first-order chi connectivity index (χ1) is 15.9. The van der Waals surface area contributed by atoms with Crippen molar-refractivity contribution in [1.82, 2.24) is 10.1 Å². The number of halogens is 2. The first-order valence-electron chi connectivity index (χ1n) is 10.6. The molecular weight excluding hydrogens is 449 g/mol. The van der Waals surface area contributed by atoms with Crippen molar-refractivity contribution in [2.24, 2.45) is 5.92 Å². The van der Waals surface area contributed by atoms with Gasteiger partial charge in [0.15, 0.2) is 5.76 Å². The Kier molecular flexibility index (Phi) is 5.54. The molecule has 1 unspecified atom stereocenters. The molecule has 1 fully saturated rings. The second-order valence-electron chi connectivity index (χ2n) is 8.18. The topological polar surface area (TPSA) is 75.9 Å². The lowest BCUT2D eigenvalue weighted by molar-refractivity contribution is -0.136. The lowest BCUT2D eigenvalue weighted by atomic mass is 9.99. The van der Waals surface area contributed by atoms with Crippen molar-refractivity contribution in [3.63, 3.8) is 0 Å². The fourth-order valence-electron chi connectivity index (χ4n) is 4.47. The molecule has 3 heterocycles. The van der Waals surface area contributed by atoms with Gasteiger partial charge >= 0.3 is 0 Å². The molecule has 2 aromatic carbocycles. The first kappa shape index (κ1) is 21.5. The summed E-state index contributed by atoms with van der Waals surface area (Å²) in [6, 6.07) is 11.0. The van der Waals surface area contributed by atoms with Crippen molar-refractivity contribution in [2.75, 3.05) is 25.1 Å². The van der Waals surface area contributed by atoms with Gasteiger partial charge in [0.1, 0.15) is 11.6 Å². The van der Waals surface area contributed by atoms with E-state index in [2.05, 4.69) is 5.16 Å². The predicted octanol–water partition coefficient (Wildman–Crippen LogP) is 4.08. The standard InChI is InChI=1S/C24H21ClFN3O4/c1-32-21-7-4-16(25)11-20(21)29-12-15(10-22(29)30)24(31)28-9-8-19-18(13-28)23(33-27-19)14-2-5-17(26)6-3-14/h2-7,11,15H,8-10,12-13H2,1H3. The number of hydrogen-bond acceptors (Lipinski definition) is 5. The molecule has 0 saturated carbocycles. The number of aromatic nitrogens is 1. The van der Waals surface area contributed by atoms with Crippen LogP contribution in [0.15, 0.2) is 47.0 Å². The summed E-state index contributed by atoms with van der Waals surface area (Å²) in [6.07, 6.45) is 0.671. The first-order valence-corrected chi connectivity index (χ1v) is 11.0. The number of carbonyl (C=O) groups excluding carboxylic acids is 2. The van der Waals surface area contributed by atoms with Crippen molar-refractivity contribution >= 4 is 29.1 Å². The summed E-state index contributed by atoms with van der Waals surface area (Å²) < 4.78 is 24.2. The summed E-state index contributed by atoms with van der Waals surface area (Å²) in [7, 11) is 1.53. The Morgan fingerprint density at radius 1 is 1.24 bits per heavy atom. The lowest BCUT2D eigenvalue weighted by Gasteiger charge is -2.29. The van der Waals surface area contributed by atoms with Gasteiger partial charge in [-0.05, 0) is 42.5 Å². The molecule has 1 saturated heterocycles. The van der Waals surface area contributed by atoms with Gasteiger partial charge in [-0.25, -0.2) is 4.39 Å². The molecule has 33 heavy (non-hydrogen) atoms. The molecule has 0 aliphatic carbocycles. The SMILES string of the molecule is COc1ccc(Cl)cc1N1CC(C(=O)N2CCc3noc(-c4ccc(F)cc4)c3C2)CC1=O. The highest BCUT2D eigenvalue weighted by atomic mass is 35.5. The second-order valence-corrected chi connectivity index (χ2v) is 8.61. The molecule has 1 atom stereocenters. The second kappa shape index (κ2) is 8.51. The van der Waals surface area contributed by atoms with Crippen LogP contribution in [0.3, 0.4) is 0 Å². The van der Waals surface area contributed by atoms with Crippen LogP contribution in [0.1, 0.15) is 17.7 Å². The van der Waals surface area contributed by atoms with E-state index in [1.54, 1.807) is 40.1 Å². The van der Waals surface area contributed by atoms with Gasteiger partial charge in [-0.3, -0.25) is 9.59 Å². The number of nitrogens with zero attached hydrogens (tertiary/aromatic N) is 3. The normalized spacial score (nSPS) is 17.9. The minimum Gasteiger partial charge on any atom is -0.495 e. The summed E-state index contributed by atoms with van der Waals surface area (Å²) in [4.78, 5) is 29.4. The zero-order valence-corrected chi connectivity index (χ0v) is 18.6. The highest BCUT2D eigenvalue weighted by Gasteiger charge is 2.39. The van der Waals surface area contributed by atoms with E-state index in [4.69, 9.17) is 20.9 Å². The van der Waals surface area contributed by atoms with Crippen LogP contribution in [-0.4, -0.2) is 42.1 Å². The molecule has 2 aliphatic heterocycles. The van der Waals surface area contributed by atoms with Crippen molar-refractivity contribution < 1.29 is 23.2 Å². The molecule has 170 valence electrons. The van der Waals surface area contributed by atoms with Gasteiger partial charge < -0.3 is 19.1 Å². The Hall–Kier alpha value is -3.39. The van der Waals surface area contributed by atoms with E-state index >= 15 is 0 Å². The van der Waals surface area contributed by atoms with Crippen LogP contribution in [0.4, 0.5) is 10.1 Å². The molecule has 5 rings (SSSR count). The molecule has 3 aromatic rings. The van der Waals surface area contributed by atoms with E-state index in [9.17, 15) is 14.0 Å². The highest BCUT2D eigenvalue weighted by Crippen LogP contribution is 2.37. The summed E-state index contributed by atoms with van der Waals surface area (Å²) in [5, 5.41) is 4.63. The van der Waals surface area contributed by atoms with Gasteiger partial charge in [0.05, 0.1) is 31.0 Å². The third-order valence-electron chi connectivity index (χ3n) is 6.16. The summed E-state index contributed by atoms with van der Waals surface area (Å²) in [6.45, 7) is 1.08. The summed E-state index contributed by atoms with van der Waals surface area (Å²) in [5.41, 5.74) is 2.88. The van der Waals surface area contributed by atoms with Crippen molar-refractivity contribution in [3.05, 3.63) is 64.6 Å². The fraction of sp³-hybridized carbons (Fsp3) is 0.292. The van der Waals surface area contributed by atoms with Gasteiger partial charge in [0, 0.05) is 42.1 Å². The van der Waals surface area contributed by atoms with E-state index in [1.807, 2.05) is 0 Å². The van der Waals surface area contributed by atoms with E-state index in [-0.39, 0.29) is 30.6 Å². The van der Waals surface area contributed by atoms with Gasteiger partial charge in [-0.2, -0.15) is 0 Å². The van der Waals surface area contributed by atoms with Crippen LogP contribution in [0, 0.1) is 11.7 Å². The Bertz CT molecular complexity index is 1230. The number of benzene rings is 2. The van der Waals surface area contributed by atoms with Crippen LogP contribution in [0.5, 0.6) is 5.75 Å². The number of ether oxygens (including phenoxy) is 1. The van der Waals surface area contributed by atoms with Gasteiger partial charge in [0.2, 0.25) is 11.8 Å². The van der Waals surface area contributed by atoms with Gasteiger partial charge in [-0.1, -0.05) is 16.8 Å². The van der Waals surface area contributed by atoms with Crippen molar-refractivity contribution in [3.8, 4) is 17.1 Å². The van der Waals surface area contributed by atoms with Crippen LogP contribution in [0.25, 0.3) is 11.3 Å².